The summed E-state index contributed by atoms with van der Waals surface area (Å²) in [7, 11) is -1.79. The predicted octanol–water partition coefficient (Wildman–Crippen LogP) is 1.81. The molecule has 11 heteroatoms. The third kappa shape index (κ3) is 4.53. The van der Waals surface area contributed by atoms with Crippen molar-refractivity contribution in [3.8, 4) is 11.5 Å². The Labute approximate surface area is 185 Å². The average molecular weight is 466 g/mol. The number of carbonyl (C=O) groups is 2. The van der Waals surface area contributed by atoms with Gasteiger partial charge >= 0.3 is 5.97 Å². The van der Waals surface area contributed by atoms with Gasteiger partial charge < -0.3 is 19.1 Å². The molecule has 3 rings (SSSR count). The molecule has 1 aliphatic rings. The van der Waals surface area contributed by atoms with E-state index in [9.17, 15) is 22.4 Å². The average Bonchev–Trinajstić information content (AvgIpc) is 2.80. The van der Waals surface area contributed by atoms with Crippen molar-refractivity contribution in [2.45, 2.75) is 17.9 Å². The van der Waals surface area contributed by atoms with E-state index in [1.165, 1.54) is 25.2 Å². The molecule has 2 aromatic rings. The lowest BCUT2D eigenvalue weighted by Crippen LogP contribution is -2.50. The van der Waals surface area contributed by atoms with Crippen LogP contribution in [0.15, 0.2) is 47.4 Å². The normalized spacial score (nSPS) is 15.7. The summed E-state index contributed by atoms with van der Waals surface area (Å²) in [5.41, 5.74) is 0.398. The van der Waals surface area contributed by atoms with Crippen LogP contribution in [0.3, 0.4) is 0 Å². The maximum absolute atomic E-state index is 13.8. The van der Waals surface area contributed by atoms with Gasteiger partial charge in [-0.2, -0.15) is 4.31 Å². The Balaban J connectivity index is 1.92. The zero-order valence-electron chi connectivity index (χ0n) is 17.8. The van der Waals surface area contributed by atoms with Crippen LogP contribution in [0.25, 0.3) is 0 Å². The van der Waals surface area contributed by atoms with E-state index in [0.717, 1.165) is 16.4 Å². The minimum absolute atomic E-state index is 0.0419. The van der Waals surface area contributed by atoms with E-state index in [-0.39, 0.29) is 23.7 Å². The van der Waals surface area contributed by atoms with Crippen LogP contribution in [0, 0.1) is 5.82 Å². The molecule has 1 aliphatic heterocycles. The Hall–Kier alpha value is -3.18. The van der Waals surface area contributed by atoms with Gasteiger partial charge in [-0.25, -0.2) is 17.6 Å². The van der Waals surface area contributed by atoms with E-state index < -0.39 is 40.4 Å². The van der Waals surface area contributed by atoms with E-state index in [1.54, 1.807) is 31.2 Å². The second-order valence-electron chi connectivity index (χ2n) is 6.83. The highest BCUT2D eigenvalue weighted by molar-refractivity contribution is 7.89. The lowest BCUT2D eigenvalue weighted by molar-refractivity contribution is -0.148. The highest BCUT2D eigenvalue weighted by atomic mass is 32.2. The van der Waals surface area contributed by atoms with Crippen LogP contribution in [-0.2, 0) is 24.3 Å². The number of fused-ring (bicyclic) bond motifs is 1. The van der Waals surface area contributed by atoms with Gasteiger partial charge in [-0.1, -0.05) is 19.1 Å². The van der Waals surface area contributed by atoms with Crippen LogP contribution >= 0.6 is 0 Å². The van der Waals surface area contributed by atoms with Crippen molar-refractivity contribution < 1.29 is 36.6 Å². The predicted molar refractivity (Wildman–Crippen MR) is 113 cm³/mol. The molecule has 172 valence electrons. The number of amides is 1. The lowest BCUT2D eigenvalue weighted by atomic mass is 10.2. The number of rotatable bonds is 7. The van der Waals surface area contributed by atoms with Gasteiger partial charge in [-0.05, 0) is 30.3 Å². The van der Waals surface area contributed by atoms with Crippen molar-refractivity contribution in [3.05, 3.63) is 48.3 Å². The molecule has 0 fully saturated rings. The number of benzene rings is 2. The highest BCUT2D eigenvalue weighted by Gasteiger charge is 2.36. The third-order valence-electron chi connectivity index (χ3n) is 4.95. The first-order valence-electron chi connectivity index (χ1n) is 9.70. The topological polar surface area (TPSA) is 102 Å². The zero-order chi connectivity index (χ0) is 23.5. The van der Waals surface area contributed by atoms with Gasteiger partial charge in [0.25, 0.3) is 0 Å². The first-order chi connectivity index (χ1) is 15.2. The second-order valence-corrected chi connectivity index (χ2v) is 8.73. The van der Waals surface area contributed by atoms with Crippen molar-refractivity contribution in [2.75, 3.05) is 38.8 Å². The van der Waals surface area contributed by atoms with Gasteiger partial charge in [-0.3, -0.25) is 4.79 Å². The summed E-state index contributed by atoms with van der Waals surface area (Å²) >= 11 is 0. The molecule has 0 aromatic heterocycles. The van der Waals surface area contributed by atoms with Crippen LogP contribution in [0.2, 0.25) is 0 Å². The SMILES string of the molecule is CCN(CC(=O)N1C[C@H](C(=O)OC)Oc2ccccc21)S(=O)(=O)c1cc(F)ccc1OC. The summed E-state index contributed by atoms with van der Waals surface area (Å²) in [5.74, 6) is -1.76. The fraction of sp³-hybridized carbons (Fsp3) is 0.333. The molecule has 0 radical (unpaired) electrons. The lowest BCUT2D eigenvalue weighted by Gasteiger charge is -2.34. The molecule has 0 saturated heterocycles. The number of hydrogen-bond donors (Lipinski definition) is 0. The van der Waals surface area contributed by atoms with Gasteiger partial charge in [0, 0.05) is 6.54 Å². The molecule has 2 aromatic carbocycles. The molecule has 0 unspecified atom stereocenters. The van der Waals surface area contributed by atoms with Gasteiger partial charge in [0.15, 0.2) is 0 Å². The number of ether oxygens (including phenoxy) is 3. The number of methoxy groups -OCH3 is 2. The van der Waals surface area contributed by atoms with Gasteiger partial charge in [0.1, 0.15) is 22.2 Å². The van der Waals surface area contributed by atoms with Crippen LogP contribution < -0.4 is 14.4 Å². The Morgan fingerprint density at radius 2 is 1.94 bits per heavy atom. The van der Waals surface area contributed by atoms with E-state index in [0.29, 0.717) is 11.4 Å². The number of hydrogen-bond acceptors (Lipinski definition) is 7. The number of para-hydroxylation sites is 2. The molecule has 0 bridgehead atoms. The summed E-state index contributed by atoms with van der Waals surface area (Å²) in [6, 6.07) is 9.72. The number of halogens is 1. The van der Waals surface area contributed by atoms with Crippen LogP contribution in [0.4, 0.5) is 10.1 Å². The summed E-state index contributed by atoms with van der Waals surface area (Å²) in [6.45, 7) is 0.811. The first-order valence-corrected chi connectivity index (χ1v) is 11.1. The number of nitrogens with zero attached hydrogens (tertiary/aromatic N) is 2. The monoisotopic (exact) mass is 466 g/mol. The van der Waals surface area contributed by atoms with E-state index in [2.05, 4.69) is 0 Å². The minimum atomic E-state index is -4.26. The molecule has 0 N–H and O–H groups in total. The Bertz CT molecular complexity index is 1120. The smallest absolute Gasteiger partial charge is 0.348 e. The fourth-order valence-corrected chi connectivity index (χ4v) is 4.88. The maximum atomic E-state index is 13.8. The largest absolute Gasteiger partial charge is 0.495 e. The van der Waals surface area contributed by atoms with Gasteiger partial charge in [-0.15, -0.1) is 0 Å². The highest BCUT2D eigenvalue weighted by Crippen LogP contribution is 2.34. The van der Waals surface area contributed by atoms with Crippen LogP contribution in [0.5, 0.6) is 11.5 Å². The number of carbonyl (C=O) groups excluding carboxylic acids is 2. The molecule has 0 aliphatic carbocycles. The van der Waals surface area contributed by atoms with Crippen molar-refractivity contribution >= 4 is 27.6 Å². The number of sulfonamides is 1. The van der Waals surface area contributed by atoms with Gasteiger partial charge in [0.05, 0.1) is 33.0 Å². The van der Waals surface area contributed by atoms with Gasteiger partial charge in [0.2, 0.25) is 22.0 Å². The molecule has 1 atom stereocenters. The standard InChI is InChI=1S/C21H23FN2O7S/c1-4-23(32(27,28)19-11-14(22)9-10-17(19)29-2)13-20(25)24-12-18(21(26)30-3)31-16-8-6-5-7-15(16)24/h5-11,18H,4,12-13H2,1-3H3/t18-/m1/s1. The molecular weight excluding hydrogens is 443 g/mol. The summed E-state index contributed by atoms with van der Waals surface area (Å²) in [5, 5.41) is 0. The number of anilines is 1. The van der Waals surface area contributed by atoms with E-state index in [1.807, 2.05) is 0 Å². The molecule has 1 amide bonds. The molecule has 0 spiro atoms. The molecule has 0 saturated carbocycles. The van der Waals surface area contributed by atoms with E-state index in [4.69, 9.17) is 14.2 Å². The third-order valence-corrected chi connectivity index (χ3v) is 6.89. The van der Waals surface area contributed by atoms with Crippen molar-refractivity contribution in [1.82, 2.24) is 4.31 Å². The van der Waals surface area contributed by atoms with Crippen molar-refractivity contribution in [1.29, 1.82) is 0 Å². The molecule has 1 heterocycles. The Morgan fingerprint density at radius 3 is 2.59 bits per heavy atom. The molecule has 9 nitrogen and oxygen atoms in total. The van der Waals surface area contributed by atoms with E-state index >= 15 is 0 Å². The van der Waals surface area contributed by atoms with Crippen molar-refractivity contribution in [2.24, 2.45) is 0 Å². The molecule has 32 heavy (non-hydrogen) atoms. The zero-order valence-corrected chi connectivity index (χ0v) is 18.6. The van der Waals surface area contributed by atoms with Crippen molar-refractivity contribution in [3.63, 3.8) is 0 Å². The number of likely N-dealkylation sites (N-methyl/N-ethyl adjacent to an activating group) is 1. The maximum Gasteiger partial charge on any atom is 0.348 e. The Morgan fingerprint density at radius 1 is 1.22 bits per heavy atom. The first kappa shape index (κ1) is 23.5. The summed E-state index contributed by atoms with van der Waals surface area (Å²) in [4.78, 5) is 26.1. The molecular formula is C21H23FN2O7S. The van der Waals surface area contributed by atoms with Crippen LogP contribution in [-0.4, -0.2) is 64.6 Å². The summed E-state index contributed by atoms with van der Waals surface area (Å²) in [6.07, 6.45) is -1.06. The van der Waals surface area contributed by atoms with Crippen LogP contribution in [0.1, 0.15) is 6.92 Å². The quantitative estimate of drug-likeness (QED) is 0.574. The minimum Gasteiger partial charge on any atom is -0.495 e. The Kier molecular flexibility index (Phi) is 6.99. The fourth-order valence-electron chi connectivity index (χ4n) is 3.32. The summed E-state index contributed by atoms with van der Waals surface area (Å²) < 4.78 is 56.5. The number of esters is 1. The second kappa shape index (κ2) is 9.53.